The molecule has 1 aliphatic carbocycles. The van der Waals surface area contributed by atoms with E-state index in [1.807, 2.05) is 0 Å². The van der Waals surface area contributed by atoms with Gasteiger partial charge in [-0.3, -0.25) is 0 Å². The molecular formula is C14H19NS. The summed E-state index contributed by atoms with van der Waals surface area (Å²) in [6.07, 6.45) is 5.19. The Kier molecular flexibility index (Phi) is 3.20. The lowest BCUT2D eigenvalue weighted by molar-refractivity contribution is 0.414. The molecule has 1 aromatic carbocycles. The maximum atomic E-state index is 3.85. The summed E-state index contributed by atoms with van der Waals surface area (Å²) in [6.45, 7) is 0. The van der Waals surface area contributed by atoms with Gasteiger partial charge < -0.3 is 5.32 Å². The molecule has 0 spiro atoms. The van der Waals surface area contributed by atoms with Gasteiger partial charge in [-0.25, -0.2) is 0 Å². The molecule has 2 aliphatic rings. The quantitative estimate of drug-likeness (QED) is 0.843. The first-order chi connectivity index (χ1) is 7.92. The van der Waals surface area contributed by atoms with Gasteiger partial charge in [-0.05, 0) is 48.3 Å². The fourth-order valence-electron chi connectivity index (χ4n) is 2.87. The molecule has 0 unspecified atom stereocenters. The van der Waals surface area contributed by atoms with Crippen LogP contribution in [0.25, 0.3) is 0 Å². The average molecular weight is 233 g/mol. The molecule has 0 saturated carbocycles. The van der Waals surface area contributed by atoms with Crippen molar-refractivity contribution in [1.82, 2.24) is 5.32 Å². The van der Waals surface area contributed by atoms with Crippen LogP contribution < -0.4 is 5.32 Å². The predicted molar refractivity (Wildman–Crippen MR) is 71.1 cm³/mol. The van der Waals surface area contributed by atoms with E-state index >= 15 is 0 Å². The summed E-state index contributed by atoms with van der Waals surface area (Å²) in [4.78, 5) is 0. The molecule has 1 aliphatic heterocycles. The van der Waals surface area contributed by atoms with Crippen LogP contribution in [0, 0.1) is 0 Å². The lowest BCUT2D eigenvalue weighted by Gasteiger charge is -2.26. The second kappa shape index (κ2) is 4.80. The zero-order chi connectivity index (χ0) is 10.8. The van der Waals surface area contributed by atoms with Gasteiger partial charge in [-0.2, -0.15) is 11.8 Å². The van der Waals surface area contributed by atoms with Gasteiger partial charge in [0.05, 0.1) is 0 Å². The van der Waals surface area contributed by atoms with Crippen LogP contribution in [-0.2, 0) is 12.8 Å². The van der Waals surface area contributed by atoms with Gasteiger partial charge in [0.1, 0.15) is 0 Å². The van der Waals surface area contributed by atoms with Crippen LogP contribution in [0.15, 0.2) is 24.3 Å². The number of benzene rings is 1. The van der Waals surface area contributed by atoms with Gasteiger partial charge in [0.15, 0.2) is 0 Å². The van der Waals surface area contributed by atoms with Gasteiger partial charge in [-0.15, -0.1) is 0 Å². The zero-order valence-corrected chi connectivity index (χ0v) is 10.4. The topological polar surface area (TPSA) is 12.0 Å². The molecule has 1 aromatic rings. The van der Waals surface area contributed by atoms with Crippen molar-refractivity contribution in [1.29, 1.82) is 0 Å². The monoisotopic (exact) mass is 233 g/mol. The molecule has 3 rings (SSSR count). The minimum Gasteiger partial charge on any atom is -0.311 e. The van der Waals surface area contributed by atoms with Crippen molar-refractivity contribution in [3.05, 3.63) is 35.4 Å². The Morgan fingerprint density at radius 2 is 1.56 bits per heavy atom. The summed E-state index contributed by atoms with van der Waals surface area (Å²) in [5.41, 5.74) is 3.12. The fraction of sp³-hybridized carbons (Fsp3) is 0.571. The van der Waals surface area contributed by atoms with E-state index in [1.54, 1.807) is 11.1 Å². The second-order valence-corrected chi connectivity index (χ2v) is 6.15. The summed E-state index contributed by atoms with van der Waals surface area (Å²) in [6, 6.07) is 10.4. The molecule has 16 heavy (non-hydrogen) atoms. The molecule has 0 aromatic heterocycles. The molecule has 86 valence electrons. The Morgan fingerprint density at radius 1 is 0.938 bits per heavy atom. The molecule has 0 amide bonds. The summed E-state index contributed by atoms with van der Waals surface area (Å²) in [5.74, 6) is 2.69. The molecule has 1 saturated heterocycles. The number of nitrogens with one attached hydrogen (secondary N) is 1. The van der Waals surface area contributed by atoms with Crippen molar-refractivity contribution in [2.24, 2.45) is 0 Å². The first-order valence-corrected chi connectivity index (χ1v) is 7.48. The van der Waals surface area contributed by atoms with Crippen LogP contribution in [0.3, 0.4) is 0 Å². The molecule has 1 nitrogen and oxygen atoms in total. The minimum absolute atomic E-state index is 0.700. The van der Waals surface area contributed by atoms with Crippen molar-refractivity contribution >= 4 is 11.8 Å². The van der Waals surface area contributed by atoms with E-state index in [4.69, 9.17) is 0 Å². The molecule has 1 N–H and O–H groups in total. The van der Waals surface area contributed by atoms with Crippen molar-refractivity contribution in [2.75, 3.05) is 11.5 Å². The van der Waals surface area contributed by atoms with Crippen molar-refractivity contribution in [2.45, 2.75) is 37.8 Å². The van der Waals surface area contributed by atoms with E-state index in [-0.39, 0.29) is 0 Å². The number of rotatable bonds is 2. The SMILES string of the molecule is c1ccc2c(c1)CC(NC1CCSCC1)C2. The number of hydrogen-bond donors (Lipinski definition) is 1. The highest BCUT2D eigenvalue weighted by Gasteiger charge is 2.24. The Morgan fingerprint density at radius 3 is 2.19 bits per heavy atom. The molecule has 1 heterocycles. The Hall–Kier alpha value is -0.470. The highest BCUT2D eigenvalue weighted by Crippen LogP contribution is 2.24. The van der Waals surface area contributed by atoms with Gasteiger partial charge in [0, 0.05) is 12.1 Å². The lowest BCUT2D eigenvalue weighted by atomic mass is 10.1. The van der Waals surface area contributed by atoms with Crippen LogP contribution in [0.5, 0.6) is 0 Å². The zero-order valence-electron chi connectivity index (χ0n) is 9.61. The predicted octanol–water partition coefficient (Wildman–Crippen LogP) is 2.64. The van der Waals surface area contributed by atoms with E-state index < -0.39 is 0 Å². The maximum Gasteiger partial charge on any atom is 0.0151 e. The normalized spacial score (nSPS) is 22.2. The molecule has 0 radical (unpaired) electrons. The number of fused-ring (bicyclic) bond motifs is 1. The molecule has 0 bridgehead atoms. The van der Waals surface area contributed by atoms with Gasteiger partial charge >= 0.3 is 0 Å². The van der Waals surface area contributed by atoms with Crippen LogP contribution >= 0.6 is 11.8 Å². The van der Waals surface area contributed by atoms with E-state index in [2.05, 4.69) is 41.3 Å². The van der Waals surface area contributed by atoms with Crippen molar-refractivity contribution in [3.8, 4) is 0 Å². The van der Waals surface area contributed by atoms with Crippen LogP contribution in [-0.4, -0.2) is 23.6 Å². The number of thioether (sulfide) groups is 1. The smallest absolute Gasteiger partial charge is 0.0151 e. The van der Waals surface area contributed by atoms with Crippen molar-refractivity contribution in [3.63, 3.8) is 0 Å². The Labute approximate surface area is 102 Å². The van der Waals surface area contributed by atoms with Gasteiger partial charge in [-0.1, -0.05) is 24.3 Å². The summed E-state index contributed by atoms with van der Waals surface area (Å²) < 4.78 is 0. The first-order valence-electron chi connectivity index (χ1n) is 6.32. The van der Waals surface area contributed by atoms with Crippen LogP contribution in [0.4, 0.5) is 0 Å². The summed E-state index contributed by atoms with van der Waals surface area (Å²) in [7, 11) is 0. The molecular weight excluding hydrogens is 214 g/mol. The average Bonchev–Trinajstić information content (AvgIpc) is 2.72. The fourth-order valence-corrected chi connectivity index (χ4v) is 3.98. The second-order valence-electron chi connectivity index (χ2n) is 4.93. The maximum absolute atomic E-state index is 3.85. The molecule has 1 fully saturated rings. The largest absolute Gasteiger partial charge is 0.311 e. The van der Waals surface area contributed by atoms with E-state index in [9.17, 15) is 0 Å². The summed E-state index contributed by atoms with van der Waals surface area (Å²) in [5, 5.41) is 3.85. The number of hydrogen-bond acceptors (Lipinski definition) is 2. The first kappa shape index (κ1) is 10.7. The molecule has 0 atom stereocenters. The summed E-state index contributed by atoms with van der Waals surface area (Å²) >= 11 is 2.10. The van der Waals surface area contributed by atoms with Gasteiger partial charge in [0.2, 0.25) is 0 Å². The van der Waals surface area contributed by atoms with Crippen molar-refractivity contribution < 1.29 is 0 Å². The van der Waals surface area contributed by atoms with Gasteiger partial charge in [0.25, 0.3) is 0 Å². The van der Waals surface area contributed by atoms with E-state index in [1.165, 1.54) is 37.2 Å². The third-order valence-corrected chi connectivity index (χ3v) is 4.79. The molecule has 2 heteroatoms. The highest BCUT2D eigenvalue weighted by molar-refractivity contribution is 7.99. The highest BCUT2D eigenvalue weighted by atomic mass is 32.2. The lowest BCUT2D eigenvalue weighted by Crippen LogP contribution is -2.40. The van der Waals surface area contributed by atoms with Crippen LogP contribution in [0.1, 0.15) is 24.0 Å². The third-order valence-electron chi connectivity index (χ3n) is 3.74. The van der Waals surface area contributed by atoms with E-state index in [0.29, 0.717) is 6.04 Å². The standard InChI is InChI=1S/C14H19NS/c1-2-4-12-10-14(9-11(12)3-1)15-13-5-7-16-8-6-13/h1-4,13-15H,5-10H2. The Balaban J connectivity index is 1.59. The van der Waals surface area contributed by atoms with Crippen LogP contribution in [0.2, 0.25) is 0 Å². The third kappa shape index (κ3) is 2.28. The van der Waals surface area contributed by atoms with E-state index in [0.717, 1.165) is 6.04 Å². The Bertz CT molecular complexity index is 333. The minimum atomic E-state index is 0.700.